The van der Waals surface area contributed by atoms with Gasteiger partial charge < -0.3 is 4.90 Å². The van der Waals surface area contributed by atoms with E-state index >= 15 is 0 Å². The largest absolute Gasteiger partial charge is 0.306 e. The molecule has 154 valence electrons. The lowest BCUT2D eigenvalue weighted by atomic mass is 9.97. The average molecular weight is 405 g/mol. The van der Waals surface area contributed by atoms with Crippen LogP contribution in [0.25, 0.3) is 0 Å². The molecule has 2 aliphatic heterocycles. The van der Waals surface area contributed by atoms with Gasteiger partial charge in [0.2, 0.25) is 5.91 Å². The lowest BCUT2D eigenvalue weighted by molar-refractivity contribution is -0.124. The van der Waals surface area contributed by atoms with Gasteiger partial charge in [0.25, 0.3) is 0 Å². The van der Waals surface area contributed by atoms with E-state index in [4.69, 9.17) is 0 Å². The number of piperazine rings is 1. The summed E-state index contributed by atoms with van der Waals surface area (Å²) >= 11 is 0. The lowest BCUT2D eigenvalue weighted by Gasteiger charge is -2.46. The van der Waals surface area contributed by atoms with E-state index in [2.05, 4.69) is 30.9 Å². The number of fused-ring (bicyclic) bond motifs is 1. The van der Waals surface area contributed by atoms with Crippen LogP contribution < -0.4 is 4.90 Å². The molecule has 1 aromatic carbocycles. The molecule has 0 radical (unpaired) electrons. The molecule has 1 amide bonds. The van der Waals surface area contributed by atoms with Crippen LogP contribution in [-0.4, -0.2) is 55.4 Å². The SMILES string of the molecule is CC(C)c1ccc(N2C(=O)CN(C3CCCCCC3)[C@H]3CS(=O)(=O)C[C@H]32)cc1. The van der Waals surface area contributed by atoms with Gasteiger partial charge >= 0.3 is 0 Å². The Morgan fingerprint density at radius 2 is 1.54 bits per heavy atom. The van der Waals surface area contributed by atoms with E-state index in [-0.39, 0.29) is 29.5 Å². The van der Waals surface area contributed by atoms with Crippen molar-refractivity contribution in [3.05, 3.63) is 29.8 Å². The Morgan fingerprint density at radius 1 is 0.929 bits per heavy atom. The minimum Gasteiger partial charge on any atom is -0.306 e. The van der Waals surface area contributed by atoms with Crippen molar-refractivity contribution >= 4 is 21.4 Å². The second-order valence-corrected chi connectivity index (χ2v) is 11.2. The van der Waals surface area contributed by atoms with Gasteiger partial charge in [0.1, 0.15) is 0 Å². The highest BCUT2D eigenvalue weighted by molar-refractivity contribution is 7.91. The maximum absolute atomic E-state index is 13.2. The van der Waals surface area contributed by atoms with Gasteiger partial charge in [-0.3, -0.25) is 9.69 Å². The number of hydrogen-bond donors (Lipinski definition) is 0. The Hall–Kier alpha value is -1.40. The normalized spacial score (nSPS) is 29.1. The zero-order valence-electron chi connectivity index (χ0n) is 17.0. The van der Waals surface area contributed by atoms with Crippen molar-refractivity contribution in [1.82, 2.24) is 4.90 Å². The van der Waals surface area contributed by atoms with E-state index in [1.165, 1.54) is 31.2 Å². The Balaban J connectivity index is 1.64. The van der Waals surface area contributed by atoms with Crippen molar-refractivity contribution in [2.45, 2.75) is 76.4 Å². The Labute approximate surface area is 169 Å². The summed E-state index contributed by atoms with van der Waals surface area (Å²) in [5.74, 6) is 0.733. The number of carbonyl (C=O) groups excluding carboxylic acids is 1. The van der Waals surface area contributed by atoms with Crippen LogP contribution in [0.5, 0.6) is 0 Å². The fourth-order valence-electron chi connectivity index (χ4n) is 5.25. The molecule has 2 heterocycles. The van der Waals surface area contributed by atoms with Crippen molar-refractivity contribution in [3.8, 4) is 0 Å². The van der Waals surface area contributed by atoms with Crippen LogP contribution in [0.4, 0.5) is 5.69 Å². The second kappa shape index (κ2) is 7.79. The molecule has 3 aliphatic rings. The maximum atomic E-state index is 13.2. The van der Waals surface area contributed by atoms with Crippen molar-refractivity contribution in [2.75, 3.05) is 23.0 Å². The summed E-state index contributed by atoms with van der Waals surface area (Å²) in [4.78, 5) is 17.2. The fourth-order valence-corrected chi connectivity index (χ4v) is 7.21. The van der Waals surface area contributed by atoms with Crippen molar-refractivity contribution in [1.29, 1.82) is 0 Å². The third kappa shape index (κ3) is 3.86. The number of sulfone groups is 1. The third-order valence-electron chi connectivity index (χ3n) is 6.77. The molecule has 0 spiro atoms. The molecule has 1 aliphatic carbocycles. The third-order valence-corrected chi connectivity index (χ3v) is 8.47. The van der Waals surface area contributed by atoms with Crippen LogP contribution in [0, 0.1) is 0 Å². The highest BCUT2D eigenvalue weighted by atomic mass is 32.2. The lowest BCUT2D eigenvalue weighted by Crippen LogP contribution is -2.64. The van der Waals surface area contributed by atoms with Crippen LogP contribution >= 0.6 is 0 Å². The number of benzene rings is 1. The number of rotatable bonds is 3. The quantitative estimate of drug-likeness (QED) is 0.725. The van der Waals surface area contributed by atoms with Gasteiger partial charge in [0.05, 0.1) is 24.1 Å². The summed E-state index contributed by atoms with van der Waals surface area (Å²) in [6.45, 7) is 4.63. The zero-order valence-corrected chi connectivity index (χ0v) is 17.8. The first kappa shape index (κ1) is 19.9. The topological polar surface area (TPSA) is 57.7 Å². The van der Waals surface area contributed by atoms with Gasteiger partial charge in [-0.05, 0) is 36.5 Å². The molecule has 3 fully saturated rings. The zero-order chi connectivity index (χ0) is 19.9. The fraction of sp³-hybridized carbons (Fsp3) is 0.682. The molecule has 1 saturated carbocycles. The van der Waals surface area contributed by atoms with E-state index in [0.717, 1.165) is 18.5 Å². The standard InChI is InChI=1S/C22H32N2O3S/c1-16(2)17-9-11-19(12-10-17)24-21-15-28(26,27)14-20(21)23(13-22(24)25)18-7-5-3-4-6-8-18/h9-12,16,18,20-21H,3-8,13-15H2,1-2H3/t20-,21+/m0/s1. The molecule has 1 aromatic rings. The minimum absolute atomic E-state index is 0.0416. The molecule has 2 saturated heterocycles. The van der Waals surface area contributed by atoms with Crippen LogP contribution in [-0.2, 0) is 14.6 Å². The van der Waals surface area contributed by atoms with Crippen LogP contribution in [0.1, 0.15) is 63.9 Å². The van der Waals surface area contributed by atoms with Gasteiger partial charge in [0, 0.05) is 17.8 Å². The van der Waals surface area contributed by atoms with Gasteiger partial charge in [0.15, 0.2) is 9.84 Å². The van der Waals surface area contributed by atoms with Crippen molar-refractivity contribution in [3.63, 3.8) is 0 Å². The van der Waals surface area contributed by atoms with E-state index in [1.54, 1.807) is 4.90 Å². The predicted octanol–water partition coefficient (Wildman–Crippen LogP) is 3.35. The van der Waals surface area contributed by atoms with E-state index in [0.29, 0.717) is 18.5 Å². The predicted molar refractivity (Wildman–Crippen MR) is 112 cm³/mol. The summed E-state index contributed by atoms with van der Waals surface area (Å²) in [6.07, 6.45) is 7.02. The second-order valence-electron chi connectivity index (χ2n) is 9.04. The Morgan fingerprint density at radius 3 is 2.14 bits per heavy atom. The first-order valence-corrected chi connectivity index (χ1v) is 12.6. The Bertz CT molecular complexity index is 811. The van der Waals surface area contributed by atoms with Gasteiger partial charge in [-0.15, -0.1) is 0 Å². The monoisotopic (exact) mass is 404 g/mol. The van der Waals surface area contributed by atoms with E-state index < -0.39 is 9.84 Å². The molecule has 0 unspecified atom stereocenters. The first-order chi connectivity index (χ1) is 13.4. The highest BCUT2D eigenvalue weighted by Crippen LogP contribution is 2.35. The van der Waals surface area contributed by atoms with Gasteiger partial charge in [-0.2, -0.15) is 0 Å². The number of carbonyl (C=O) groups is 1. The smallest absolute Gasteiger partial charge is 0.241 e. The molecule has 0 N–H and O–H groups in total. The number of amides is 1. The number of nitrogens with zero attached hydrogens (tertiary/aromatic N) is 2. The summed E-state index contributed by atoms with van der Waals surface area (Å²) < 4.78 is 25.1. The minimum atomic E-state index is -3.13. The van der Waals surface area contributed by atoms with E-state index in [9.17, 15) is 13.2 Å². The van der Waals surface area contributed by atoms with Crippen LogP contribution in [0.2, 0.25) is 0 Å². The molecule has 0 aromatic heterocycles. The van der Waals surface area contributed by atoms with Gasteiger partial charge in [-0.1, -0.05) is 51.7 Å². The molecular formula is C22H32N2O3S. The molecular weight excluding hydrogens is 372 g/mol. The summed E-state index contributed by atoms with van der Waals surface area (Å²) in [7, 11) is -3.13. The Kier molecular flexibility index (Phi) is 5.53. The summed E-state index contributed by atoms with van der Waals surface area (Å²) in [5.41, 5.74) is 2.06. The average Bonchev–Trinajstić information content (AvgIpc) is 2.83. The summed E-state index contributed by atoms with van der Waals surface area (Å²) in [6, 6.07) is 8.09. The highest BCUT2D eigenvalue weighted by Gasteiger charge is 2.51. The molecule has 0 bridgehead atoms. The molecule has 5 nitrogen and oxygen atoms in total. The molecule has 28 heavy (non-hydrogen) atoms. The van der Waals surface area contributed by atoms with Gasteiger partial charge in [-0.25, -0.2) is 8.42 Å². The van der Waals surface area contributed by atoms with Crippen molar-refractivity contribution < 1.29 is 13.2 Å². The molecule has 2 atom stereocenters. The number of hydrogen-bond acceptors (Lipinski definition) is 4. The van der Waals surface area contributed by atoms with E-state index in [1.807, 2.05) is 12.1 Å². The van der Waals surface area contributed by atoms with Crippen LogP contribution in [0.3, 0.4) is 0 Å². The first-order valence-electron chi connectivity index (χ1n) is 10.7. The van der Waals surface area contributed by atoms with Crippen molar-refractivity contribution in [2.24, 2.45) is 0 Å². The molecule has 4 rings (SSSR count). The maximum Gasteiger partial charge on any atom is 0.241 e. The number of anilines is 1. The summed E-state index contributed by atoms with van der Waals surface area (Å²) in [5, 5.41) is 0. The van der Waals surface area contributed by atoms with Crippen LogP contribution in [0.15, 0.2) is 24.3 Å². The molecule has 6 heteroatoms.